The lowest BCUT2D eigenvalue weighted by molar-refractivity contribution is -0.384. The SMILES string of the molecule is N#CCCNc1ccc(S(=O)(=O)N2CCOCC2)cc1[N+](=O)[O-]. The van der Waals surface area contributed by atoms with Crippen LogP contribution in [0.15, 0.2) is 23.1 Å². The van der Waals surface area contributed by atoms with Gasteiger partial charge >= 0.3 is 0 Å². The largest absolute Gasteiger partial charge is 0.379 e. The first-order chi connectivity index (χ1) is 11.0. The molecule has 1 aliphatic heterocycles. The number of sulfonamides is 1. The quantitative estimate of drug-likeness (QED) is 0.464. The van der Waals surface area contributed by atoms with Gasteiger partial charge in [-0.05, 0) is 12.1 Å². The Morgan fingerprint density at radius 1 is 1.39 bits per heavy atom. The van der Waals surface area contributed by atoms with Gasteiger partial charge in [0.05, 0.1) is 35.5 Å². The molecule has 1 aromatic carbocycles. The highest BCUT2D eigenvalue weighted by atomic mass is 32.2. The van der Waals surface area contributed by atoms with E-state index in [1.54, 1.807) is 0 Å². The van der Waals surface area contributed by atoms with Crippen molar-refractivity contribution in [2.24, 2.45) is 0 Å². The number of anilines is 1. The minimum Gasteiger partial charge on any atom is -0.379 e. The van der Waals surface area contributed by atoms with Gasteiger partial charge in [0, 0.05) is 25.7 Å². The summed E-state index contributed by atoms with van der Waals surface area (Å²) in [5.41, 5.74) is -0.150. The fourth-order valence-corrected chi connectivity index (χ4v) is 3.59. The lowest BCUT2D eigenvalue weighted by Gasteiger charge is -2.26. The highest BCUT2D eigenvalue weighted by Crippen LogP contribution is 2.29. The van der Waals surface area contributed by atoms with Crippen molar-refractivity contribution in [3.63, 3.8) is 0 Å². The Labute approximate surface area is 133 Å². The highest BCUT2D eigenvalue weighted by molar-refractivity contribution is 7.89. The molecule has 1 heterocycles. The molecule has 1 fully saturated rings. The lowest BCUT2D eigenvalue weighted by Crippen LogP contribution is -2.40. The maximum Gasteiger partial charge on any atom is 0.293 e. The first-order valence-corrected chi connectivity index (χ1v) is 8.38. The minimum absolute atomic E-state index is 0.128. The van der Waals surface area contributed by atoms with Crippen LogP contribution in [-0.2, 0) is 14.8 Å². The minimum atomic E-state index is -3.79. The Morgan fingerprint density at radius 2 is 2.09 bits per heavy atom. The van der Waals surface area contributed by atoms with Crippen LogP contribution in [0, 0.1) is 21.4 Å². The number of rotatable bonds is 6. The van der Waals surface area contributed by atoms with E-state index in [0.717, 1.165) is 6.07 Å². The Hall–Kier alpha value is -2.22. The molecule has 0 unspecified atom stereocenters. The van der Waals surface area contributed by atoms with E-state index in [-0.39, 0.29) is 42.3 Å². The Kier molecular flexibility index (Phi) is 5.49. The summed E-state index contributed by atoms with van der Waals surface area (Å²) in [4.78, 5) is 10.4. The molecule has 0 radical (unpaired) electrons. The molecule has 2 rings (SSSR count). The number of nitriles is 1. The van der Waals surface area contributed by atoms with Crippen molar-refractivity contribution in [3.8, 4) is 6.07 Å². The van der Waals surface area contributed by atoms with Crippen molar-refractivity contribution in [2.45, 2.75) is 11.3 Å². The van der Waals surface area contributed by atoms with Crippen molar-refractivity contribution in [3.05, 3.63) is 28.3 Å². The summed E-state index contributed by atoms with van der Waals surface area (Å²) in [6, 6.07) is 5.64. The molecule has 0 saturated carbocycles. The van der Waals surface area contributed by atoms with Crippen molar-refractivity contribution >= 4 is 21.4 Å². The molecule has 1 N–H and O–H groups in total. The summed E-state index contributed by atoms with van der Waals surface area (Å²) < 4.78 is 31.4. The van der Waals surface area contributed by atoms with Gasteiger partial charge in [0.25, 0.3) is 5.69 Å². The number of ether oxygens (including phenoxy) is 1. The van der Waals surface area contributed by atoms with Crippen LogP contribution in [0.3, 0.4) is 0 Å². The van der Waals surface area contributed by atoms with Crippen LogP contribution in [0.2, 0.25) is 0 Å². The normalized spacial score (nSPS) is 15.8. The standard InChI is InChI=1S/C13H16N4O5S/c14-4-1-5-15-12-3-2-11(10-13(12)17(18)19)23(20,21)16-6-8-22-9-7-16/h2-3,10,15H,1,5-9H2. The zero-order valence-electron chi connectivity index (χ0n) is 12.3. The molecule has 1 saturated heterocycles. The summed E-state index contributed by atoms with van der Waals surface area (Å²) in [5.74, 6) is 0. The monoisotopic (exact) mass is 340 g/mol. The van der Waals surface area contributed by atoms with Gasteiger partial charge in [0.2, 0.25) is 10.0 Å². The average Bonchev–Trinajstić information content (AvgIpc) is 2.56. The van der Waals surface area contributed by atoms with E-state index in [0.29, 0.717) is 13.2 Å². The first-order valence-electron chi connectivity index (χ1n) is 6.94. The second kappa shape index (κ2) is 7.36. The predicted molar refractivity (Wildman–Crippen MR) is 81.4 cm³/mol. The fourth-order valence-electron chi connectivity index (χ4n) is 2.16. The number of nitrogens with zero attached hydrogens (tertiary/aromatic N) is 3. The van der Waals surface area contributed by atoms with Gasteiger partial charge in [-0.15, -0.1) is 0 Å². The lowest BCUT2D eigenvalue weighted by atomic mass is 10.2. The Morgan fingerprint density at radius 3 is 2.70 bits per heavy atom. The zero-order chi connectivity index (χ0) is 16.9. The predicted octanol–water partition coefficient (Wildman–Crippen LogP) is 0.941. The third kappa shape index (κ3) is 3.95. The molecule has 124 valence electrons. The third-order valence-corrected chi connectivity index (χ3v) is 5.22. The molecule has 0 amide bonds. The van der Waals surface area contributed by atoms with E-state index in [1.165, 1.54) is 16.4 Å². The van der Waals surface area contributed by atoms with Crippen LogP contribution < -0.4 is 5.32 Å². The fraction of sp³-hybridized carbons (Fsp3) is 0.462. The summed E-state index contributed by atoms with van der Waals surface area (Å²) >= 11 is 0. The second-order valence-electron chi connectivity index (χ2n) is 4.79. The Balaban J connectivity index is 2.31. The molecule has 0 bridgehead atoms. The van der Waals surface area contributed by atoms with Gasteiger partial charge in [-0.2, -0.15) is 9.57 Å². The molecular weight excluding hydrogens is 324 g/mol. The van der Waals surface area contributed by atoms with Crippen LogP contribution in [0.4, 0.5) is 11.4 Å². The number of benzene rings is 1. The van der Waals surface area contributed by atoms with Gasteiger partial charge in [-0.25, -0.2) is 8.42 Å². The first kappa shape index (κ1) is 17.1. The smallest absolute Gasteiger partial charge is 0.293 e. The third-order valence-electron chi connectivity index (χ3n) is 3.33. The molecule has 0 aromatic heterocycles. The number of nitrogens with one attached hydrogen (secondary N) is 1. The molecule has 23 heavy (non-hydrogen) atoms. The summed E-state index contributed by atoms with van der Waals surface area (Å²) in [7, 11) is -3.79. The molecule has 0 atom stereocenters. The van der Waals surface area contributed by atoms with E-state index < -0.39 is 14.9 Å². The molecule has 1 aromatic rings. The van der Waals surface area contributed by atoms with Crippen LogP contribution in [-0.4, -0.2) is 50.5 Å². The molecule has 1 aliphatic rings. The van der Waals surface area contributed by atoms with Crippen molar-refractivity contribution in [2.75, 3.05) is 38.2 Å². The Bertz CT molecular complexity index is 722. The van der Waals surface area contributed by atoms with E-state index in [2.05, 4.69) is 5.32 Å². The van der Waals surface area contributed by atoms with Crippen LogP contribution in [0.5, 0.6) is 0 Å². The number of hydrogen-bond acceptors (Lipinski definition) is 7. The van der Waals surface area contributed by atoms with E-state index in [4.69, 9.17) is 10.00 Å². The van der Waals surface area contributed by atoms with Gasteiger partial charge in [-0.1, -0.05) is 0 Å². The second-order valence-corrected chi connectivity index (χ2v) is 6.73. The number of hydrogen-bond donors (Lipinski definition) is 1. The molecule has 0 spiro atoms. The summed E-state index contributed by atoms with van der Waals surface area (Å²) in [6.07, 6.45) is 0.185. The molecule has 10 heteroatoms. The van der Waals surface area contributed by atoms with Gasteiger partial charge in [-0.3, -0.25) is 10.1 Å². The van der Waals surface area contributed by atoms with E-state index in [9.17, 15) is 18.5 Å². The maximum absolute atomic E-state index is 12.5. The molecule has 0 aliphatic carbocycles. The van der Waals surface area contributed by atoms with Crippen molar-refractivity contribution in [1.82, 2.24) is 4.31 Å². The van der Waals surface area contributed by atoms with Gasteiger partial charge in [0.15, 0.2) is 0 Å². The van der Waals surface area contributed by atoms with E-state index in [1.807, 2.05) is 6.07 Å². The van der Waals surface area contributed by atoms with E-state index >= 15 is 0 Å². The average molecular weight is 340 g/mol. The maximum atomic E-state index is 12.5. The highest BCUT2D eigenvalue weighted by Gasteiger charge is 2.28. The van der Waals surface area contributed by atoms with Crippen molar-refractivity contribution in [1.29, 1.82) is 5.26 Å². The van der Waals surface area contributed by atoms with Crippen LogP contribution in [0.1, 0.15) is 6.42 Å². The summed E-state index contributed by atoms with van der Waals surface area (Å²) in [5, 5.41) is 22.4. The molecular formula is C13H16N4O5S. The summed E-state index contributed by atoms with van der Waals surface area (Å²) in [6.45, 7) is 1.29. The zero-order valence-corrected chi connectivity index (χ0v) is 13.1. The van der Waals surface area contributed by atoms with Crippen molar-refractivity contribution < 1.29 is 18.1 Å². The number of nitro groups is 1. The van der Waals surface area contributed by atoms with Gasteiger partial charge in [0.1, 0.15) is 5.69 Å². The number of morpholine rings is 1. The van der Waals surface area contributed by atoms with Crippen LogP contribution in [0.25, 0.3) is 0 Å². The van der Waals surface area contributed by atoms with Gasteiger partial charge < -0.3 is 10.1 Å². The number of nitro benzene ring substituents is 1. The van der Waals surface area contributed by atoms with Crippen LogP contribution >= 0.6 is 0 Å². The molecule has 9 nitrogen and oxygen atoms in total. The topological polar surface area (TPSA) is 126 Å².